The predicted molar refractivity (Wildman–Crippen MR) is 128 cm³/mol. The smallest absolute Gasteiger partial charge is 0.322 e. The minimum Gasteiger partial charge on any atom is -0.497 e. The van der Waals surface area contributed by atoms with Crippen molar-refractivity contribution in [3.8, 4) is 5.75 Å². The van der Waals surface area contributed by atoms with Gasteiger partial charge < -0.3 is 14.1 Å². The van der Waals surface area contributed by atoms with Crippen LogP contribution >= 0.6 is 11.8 Å². The van der Waals surface area contributed by atoms with Crippen molar-refractivity contribution < 1.29 is 13.9 Å². The van der Waals surface area contributed by atoms with E-state index in [-0.39, 0.29) is 11.9 Å². The molecule has 2 heterocycles. The number of anilines is 3. The summed E-state index contributed by atoms with van der Waals surface area (Å²) >= 11 is 1.74. The van der Waals surface area contributed by atoms with Crippen molar-refractivity contribution in [3.63, 3.8) is 0 Å². The van der Waals surface area contributed by atoms with Crippen molar-refractivity contribution in [2.24, 2.45) is 0 Å². The molecule has 1 N–H and O–H groups in total. The molecule has 8 heteroatoms. The number of amides is 1. The lowest BCUT2D eigenvalue weighted by Gasteiger charge is -2.31. The third-order valence-corrected chi connectivity index (χ3v) is 6.20. The van der Waals surface area contributed by atoms with E-state index in [1.807, 2.05) is 48.5 Å². The van der Waals surface area contributed by atoms with Crippen LogP contribution in [0.2, 0.25) is 0 Å². The maximum atomic E-state index is 12.3. The summed E-state index contributed by atoms with van der Waals surface area (Å²) < 4.78 is 10.9. The molecule has 164 valence electrons. The van der Waals surface area contributed by atoms with Crippen LogP contribution in [0.5, 0.6) is 5.75 Å². The Morgan fingerprint density at radius 3 is 2.33 bits per heavy atom. The molecule has 1 aliphatic rings. The van der Waals surface area contributed by atoms with Gasteiger partial charge in [-0.05, 0) is 48.0 Å². The van der Waals surface area contributed by atoms with Crippen molar-refractivity contribution in [2.75, 3.05) is 17.3 Å². The van der Waals surface area contributed by atoms with Gasteiger partial charge in [0, 0.05) is 15.9 Å². The predicted octanol–water partition coefficient (Wildman–Crippen LogP) is 5.53. The maximum absolute atomic E-state index is 12.3. The second-order valence-corrected chi connectivity index (χ2v) is 8.30. The summed E-state index contributed by atoms with van der Waals surface area (Å²) in [4.78, 5) is 16.7. The Kier molecular flexibility index (Phi) is 5.82. The number of carbonyl (C=O) groups excluding carboxylic acids is 1. The van der Waals surface area contributed by atoms with E-state index in [1.54, 1.807) is 24.9 Å². The molecule has 0 saturated carbocycles. The zero-order valence-electron chi connectivity index (χ0n) is 17.8. The summed E-state index contributed by atoms with van der Waals surface area (Å²) in [7, 11) is 1.61. The Hall–Kier alpha value is -4.04. The molecule has 0 unspecified atom stereocenters. The van der Waals surface area contributed by atoms with Gasteiger partial charge in [0.25, 0.3) is 5.91 Å². The first-order valence-electron chi connectivity index (χ1n) is 10.3. The second kappa shape index (κ2) is 9.22. The normalized spacial score (nSPS) is 12.3. The number of ether oxygens (including phenoxy) is 1. The first-order chi connectivity index (χ1) is 16.2. The Morgan fingerprint density at radius 1 is 1.00 bits per heavy atom. The van der Waals surface area contributed by atoms with E-state index in [4.69, 9.17) is 9.15 Å². The monoisotopic (exact) mass is 456 g/mol. The lowest BCUT2D eigenvalue weighted by Crippen LogP contribution is -2.20. The van der Waals surface area contributed by atoms with Crippen LogP contribution < -0.4 is 15.0 Å². The largest absolute Gasteiger partial charge is 0.497 e. The maximum Gasteiger partial charge on any atom is 0.322 e. The lowest BCUT2D eigenvalue weighted by atomic mass is 10.2. The molecular formula is C25H20N4O3S. The summed E-state index contributed by atoms with van der Waals surface area (Å²) in [5.74, 6) is 0.805. The van der Waals surface area contributed by atoms with Crippen molar-refractivity contribution >= 4 is 41.1 Å². The van der Waals surface area contributed by atoms with Crippen LogP contribution in [0.1, 0.15) is 11.5 Å². The molecule has 0 bridgehead atoms. The van der Waals surface area contributed by atoms with Gasteiger partial charge in [-0.1, -0.05) is 53.3 Å². The van der Waals surface area contributed by atoms with Gasteiger partial charge in [-0.2, -0.15) is 0 Å². The molecule has 0 spiro atoms. The van der Waals surface area contributed by atoms with E-state index in [9.17, 15) is 4.79 Å². The van der Waals surface area contributed by atoms with Crippen LogP contribution in [0.25, 0.3) is 6.08 Å². The van der Waals surface area contributed by atoms with E-state index in [1.165, 1.54) is 6.08 Å². The fourth-order valence-electron chi connectivity index (χ4n) is 3.49. The number of methoxy groups -OCH3 is 1. The minimum absolute atomic E-state index is 0.0577. The van der Waals surface area contributed by atoms with Crippen LogP contribution in [0, 0.1) is 0 Å². The van der Waals surface area contributed by atoms with Crippen molar-refractivity contribution in [1.82, 2.24) is 10.2 Å². The van der Waals surface area contributed by atoms with Crippen LogP contribution in [0.4, 0.5) is 17.4 Å². The van der Waals surface area contributed by atoms with Gasteiger partial charge in [-0.15, -0.1) is 5.10 Å². The van der Waals surface area contributed by atoms with E-state index >= 15 is 0 Å². The number of rotatable bonds is 6. The van der Waals surface area contributed by atoms with Crippen LogP contribution in [0.15, 0.2) is 93.1 Å². The first-order valence-corrected chi connectivity index (χ1v) is 11.1. The van der Waals surface area contributed by atoms with Gasteiger partial charge in [0.15, 0.2) is 0 Å². The number of aromatic nitrogens is 2. The number of nitrogens with one attached hydrogen (secondary N) is 1. The molecule has 1 aliphatic heterocycles. The summed E-state index contributed by atoms with van der Waals surface area (Å²) in [6.07, 6.45) is 3.12. The molecule has 1 amide bonds. The first kappa shape index (κ1) is 20.8. The molecule has 4 aromatic rings. The van der Waals surface area contributed by atoms with Gasteiger partial charge in [0.2, 0.25) is 5.89 Å². The van der Waals surface area contributed by atoms with Crippen LogP contribution in [0.3, 0.4) is 0 Å². The average molecular weight is 457 g/mol. The molecule has 0 atom stereocenters. The fourth-order valence-corrected chi connectivity index (χ4v) is 4.58. The van der Waals surface area contributed by atoms with Gasteiger partial charge in [-0.3, -0.25) is 10.1 Å². The standard InChI is InChI=1S/C25H20N4O3S/c1-31-18-13-10-17(11-14-18)12-15-23(30)26-25-28-27-24(32-25)16-29-19-6-2-4-8-21(19)33-22-9-5-3-7-20(22)29/h2-15H,16H2,1H3,(H,26,28,30)/b15-12+. The van der Waals surface area contributed by atoms with Gasteiger partial charge in [-0.25, -0.2) is 0 Å². The Morgan fingerprint density at radius 2 is 1.67 bits per heavy atom. The highest BCUT2D eigenvalue weighted by Crippen LogP contribution is 2.48. The number of nitrogens with zero attached hydrogens (tertiary/aromatic N) is 3. The number of hydrogen-bond donors (Lipinski definition) is 1. The summed E-state index contributed by atoms with van der Waals surface area (Å²) in [5, 5.41) is 10.7. The average Bonchev–Trinajstić information content (AvgIpc) is 3.29. The van der Waals surface area contributed by atoms with Crippen molar-refractivity contribution in [1.29, 1.82) is 0 Å². The van der Waals surface area contributed by atoms with Gasteiger partial charge in [0.05, 0.1) is 18.5 Å². The highest BCUT2D eigenvalue weighted by molar-refractivity contribution is 7.99. The molecule has 5 rings (SSSR count). The molecule has 0 fully saturated rings. The topological polar surface area (TPSA) is 80.5 Å². The molecule has 3 aromatic carbocycles. The zero-order chi connectivity index (χ0) is 22.6. The highest BCUT2D eigenvalue weighted by atomic mass is 32.2. The third-order valence-electron chi connectivity index (χ3n) is 5.07. The number of benzene rings is 3. The SMILES string of the molecule is COc1ccc(/C=C/C(=O)Nc2nnc(CN3c4ccccc4Sc4ccccc43)o2)cc1. The molecule has 7 nitrogen and oxygen atoms in total. The van der Waals surface area contributed by atoms with Crippen LogP contribution in [-0.4, -0.2) is 23.2 Å². The van der Waals surface area contributed by atoms with E-state index < -0.39 is 0 Å². The number of carbonyl (C=O) groups is 1. The molecule has 0 radical (unpaired) electrons. The highest BCUT2D eigenvalue weighted by Gasteiger charge is 2.24. The summed E-state index contributed by atoms with van der Waals surface area (Å²) in [5.41, 5.74) is 3.03. The molecule has 0 aliphatic carbocycles. The second-order valence-electron chi connectivity index (χ2n) is 7.22. The number of fused-ring (bicyclic) bond motifs is 2. The Balaban J connectivity index is 1.29. The molecular weight excluding hydrogens is 436 g/mol. The van der Waals surface area contributed by atoms with E-state index in [0.29, 0.717) is 12.4 Å². The zero-order valence-corrected chi connectivity index (χ0v) is 18.6. The van der Waals surface area contributed by atoms with E-state index in [0.717, 1.165) is 32.5 Å². The lowest BCUT2D eigenvalue weighted by molar-refractivity contribution is -0.112. The quantitative estimate of drug-likeness (QED) is 0.382. The minimum atomic E-state index is -0.355. The Bertz CT molecular complexity index is 1270. The Labute approximate surface area is 195 Å². The van der Waals surface area contributed by atoms with Crippen molar-refractivity contribution in [3.05, 3.63) is 90.3 Å². The van der Waals surface area contributed by atoms with Crippen molar-refractivity contribution in [2.45, 2.75) is 16.3 Å². The molecule has 0 saturated heterocycles. The van der Waals surface area contributed by atoms with Gasteiger partial charge >= 0.3 is 6.01 Å². The van der Waals surface area contributed by atoms with Crippen LogP contribution in [-0.2, 0) is 11.3 Å². The van der Waals surface area contributed by atoms with E-state index in [2.05, 4.69) is 44.7 Å². The molecule has 33 heavy (non-hydrogen) atoms. The summed E-state index contributed by atoms with van der Waals surface area (Å²) in [6.45, 7) is 0.388. The number of hydrogen-bond acceptors (Lipinski definition) is 7. The summed E-state index contributed by atoms with van der Waals surface area (Å²) in [6, 6.07) is 23.8. The molecule has 1 aromatic heterocycles. The van der Waals surface area contributed by atoms with Gasteiger partial charge in [0.1, 0.15) is 12.3 Å². The third kappa shape index (κ3) is 4.61. The number of para-hydroxylation sites is 2. The fraction of sp³-hybridized carbons (Fsp3) is 0.0800.